The van der Waals surface area contributed by atoms with Crippen LogP contribution in [-0.4, -0.2) is 27.9 Å². The van der Waals surface area contributed by atoms with E-state index in [4.69, 9.17) is 4.74 Å². The molecule has 2 heterocycles. The molecule has 2 atom stereocenters. The number of fused-ring (bicyclic) bond motifs is 1. The van der Waals surface area contributed by atoms with E-state index in [1.807, 2.05) is 12.3 Å². The van der Waals surface area contributed by atoms with E-state index < -0.39 is 0 Å². The van der Waals surface area contributed by atoms with Crippen LogP contribution in [0.25, 0.3) is 11.1 Å². The van der Waals surface area contributed by atoms with Crippen LogP contribution >= 0.6 is 0 Å². The Kier molecular flexibility index (Phi) is 2.90. The van der Waals surface area contributed by atoms with Crippen LogP contribution in [0.3, 0.4) is 0 Å². The SMILES string of the molecule is [AsH2]CC1Cc2cccc(-c3cccnc3)c2O1. The molecule has 0 amide bonds. The molecule has 0 radical (unpaired) electrons. The van der Waals surface area contributed by atoms with E-state index in [0.717, 1.165) is 22.9 Å². The van der Waals surface area contributed by atoms with Crippen LogP contribution in [0.1, 0.15) is 5.56 Å². The zero-order chi connectivity index (χ0) is 11.7. The zero-order valence-corrected chi connectivity index (χ0v) is 11.9. The third kappa shape index (κ3) is 1.98. The molecule has 1 aromatic carbocycles. The van der Waals surface area contributed by atoms with Gasteiger partial charge in [-0.3, -0.25) is 0 Å². The van der Waals surface area contributed by atoms with Gasteiger partial charge < -0.3 is 0 Å². The van der Waals surface area contributed by atoms with Crippen LogP contribution in [0.4, 0.5) is 0 Å². The summed E-state index contributed by atoms with van der Waals surface area (Å²) >= 11 is 1.73. The van der Waals surface area contributed by atoms with Crippen molar-refractivity contribution in [3.63, 3.8) is 0 Å². The Morgan fingerprint density at radius 3 is 3.00 bits per heavy atom. The van der Waals surface area contributed by atoms with E-state index in [-0.39, 0.29) is 0 Å². The molecule has 3 rings (SSSR count). The molecule has 0 N–H and O–H groups in total. The van der Waals surface area contributed by atoms with Gasteiger partial charge in [-0.15, -0.1) is 0 Å². The van der Waals surface area contributed by atoms with Gasteiger partial charge >= 0.3 is 109 Å². The van der Waals surface area contributed by atoms with Gasteiger partial charge in [0.15, 0.2) is 0 Å². The van der Waals surface area contributed by atoms with Gasteiger partial charge in [0, 0.05) is 0 Å². The predicted octanol–water partition coefficient (Wildman–Crippen LogP) is 2.10. The first kappa shape index (κ1) is 10.9. The average molecular weight is 287 g/mol. The topological polar surface area (TPSA) is 22.1 Å². The molecule has 1 aliphatic rings. The number of rotatable bonds is 2. The number of aromatic nitrogens is 1. The van der Waals surface area contributed by atoms with E-state index >= 15 is 0 Å². The molecule has 1 aliphatic heterocycles. The maximum absolute atomic E-state index is 6.03. The molecule has 2 nitrogen and oxygen atoms in total. The molecular weight excluding hydrogens is 273 g/mol. The van der Waals surface area contributed by atoms with E-state index in [9.17, 15) is 0 Å². The second kappa shape index (κ2) is 4.54. The van der Waals surface area contributed by atoms with Gasteiger partial charge in [-0.25, -0.2) is 0 Å². The fraction of sp³-hybridized carbons (Fsp3) is 0.214. The van der Waals surface area contributed by atoms with Crippen LogP contribution in [0.5, 0.6) is 5.75 Å². The van der Waals surface area contributed by atoms with Crippen molar-refractivity contribution in [2.24, 2.45) is 0 Å². The normalized spacial score (nSPS) is 17.6. The van der Waals surface area contributed by atoms with Gasteiger partial charge in [0.05, 0.1) is 0 Å². The summed E-state index contributed by atoms with van der Waals surface area (Å²) in [6, 6.07) is 10.4. The van der Waals surface area contributed by atoms with Crippen molar-refractivity contribution < 1.29 is 4.74 Å². The van der Waals surface area contributed by atoms with Gasteiger partial charge in [0.1, 0.15) is 0 Å². The summed E-state index contributed by atoms with van der Waals surface area (Å²) in [6.45, 7) is 0. The molecule has 17 heavy (non-hydrogen) atoms. The monoisotopic (exact) mass is 287 g/mol. The van der Waals surface area contributed by atoms with Gasteiger partial charge in [-0.05, 0) is 0 Å². The first-order valence-electron chi connectivity index (χ1n) is 5.77. The number of para-hydroxylation sites is 1. The van der Waals surface area contributed by atoms with E-state index in [0.29, 0.717) is 6.10 Å². The molecule has 1 aromatic heterocycles. The Morgan fingerprint density at radius 2 is 2.24 bits per heavy atom. The van der Waals surface area contributed by atoms with Gasteiger partial charge in [0.25, 0.3) is 0 Å². The first-order chi connectivity index (χ1) is 8.38. The van der Waals surface area contributed by atoms with Crippen molar-refractivity contribution in [3.8, 4) is 16.9 Å². The standard InChI is InChI=1S/C14H14AsNO/c15-8-12-7-10-3-1-5-13(14(10)17-12)11-4-2-6-16-9-11/h1-6,9,12H,7-8,15H2. The summed E-state index contributed by atoms with van der Waals surface area (Å²) in [4.78, 5) is 4.17. The van der Waals surface area contributed by atoms with Crippen molar-refractivity contribution in [3.05, 3.63) is 48.3 Å². The second-order valence-corrected chi connectivity index (χ2v) is 5.20. The van der Waals surface area contributed by atoms with Gasteiger partial charge in [-0.1, -0.05) is 0 Å². The minimum atomic E-state index is 0.364. The van der Waals surface area contributed by atoms with E-state index in [1.54, 1.807) is 23.0 Å². The van der Waals surface area contributed by atoms with E-state index in [1.165, 1.54) is 11.1 Å². The van der Waals surface area contributed by atoms with Crippen LogP contribution in [-0.2, 0) is 6.42 Å². The third-order valence-electron chi connectivity index (χ3n) is 3.06. The molecule has 3 heteroatoms. The van der Waals surface area contributed by atoms with Crippen molar-refractivity contribution in [2.75, 3.05) is 0 Å². The van der Waals surface area contributed by atoms with Crippen molar-refractivity contribution in [1.29, 1.82) is 0 Å². The molecule has 0 saturated carbocycles. The average Bonchev–Trinajstić information content (AvgIpc) is 2.82. The maximum atomic E-state index is 6.03. The molecule has 0 fully saturated rings. The van der Waals surface area contributed by atoms with Crippen LogP contribution in [0.15, 0.2) is 42.7 Å². The second-order valence-electron chi connectivity index (χ2n) is 4.22. The first-order valence-corrected chi connectivity index (χ1v) is 7.49. The molecule has 0 bridgehead atoms. The fourth-order valence-electron chi connectivity index (χ4n) is 2.22. The number of pyridine rings is 1. The zero-order valence-electron chi connectivity index (χ0n) is 9.47. The molecule has 0 saturated heterocycles. The van der Waals surface area contributed by atoms with Crippen molar-refractivity contribution >= 4 is 16.9 Å². The van der Waals surface area contributed by atoms with Gasteiger partial charge in [0.2, 0.25) is 0 Å². The molecular formula is C14H14AsNO. The molecule has 0 aliphatic carbocycles. The number of benzene rings is 1. The number of hydrogen-bond donors (Lipinski definition) is 0. The quantitative estimate of drug-likeness (QED) is 0.789. The summed E-state index contributed by atoms with van der Waals surface area (Å²) in [7, 11) is 0. The molecule has 86 valence electrons. The third-order valence-corrected chi connectivity index (χ3v) is 4.17. The summed E-state index contributed by atoms with van der Waals surface area (Å²) in [5.41, 5.74) is 3.62. The fourth-order valence-corrected chi connectivity index (χ4v) is 2.77. The van der Waals surface area contributed by atoms with Gasteiger partial charge in [-0.2, -0.15) is 0 Å². The van der Waals surface area contributed by atoms with Crippen LogP contribution in [0.2, 0.25) is 5.21 Å². The molecule has 2 unspecified atom stereocenters. The number of nitrogens with zero attached hydrogens (tertiary/aromatic N) is 1. The number of ether oxygens (including phenoxy) is 1. The Bertz CT molecular complexity index is 527. The van der Waals surface area contributed by atoms with Crippen LogP contribution < -0.4 is 4.74 Å². The number of hydrogen-bond acceptors (Lipinski definition) is 2. The Balaban J connectivity index is 2.07. The Labute approximate surface area is 110 Å². The van der Waals surface area contributed by atoms with Crippen molar-refractivity contribution in [1.82, 2.24) is 4.98 Å². The Hall–Kier alpha value is -1.27. The molecule has 0 spiro atoms. The summed E-state index contributed by atoms with van der Waals surface area (Å²) in [6.07, 6.45) is 5.09. The predicted molar refractivity (Wildman–Crippen MR) is 71.1 cm³/mol. The van der Waals surface area contributed by atoms with E-state index in [2.05, 4.69) is 29.2 Å². The summed E-state index contributed by atoms with van der Waals surface area (Å²) in [5, 5.41) is 1.12. The minimum absolute atomic E-state index is 0.364. The molecule has 2 aromatic rings. The summed E-state index contributed by atoms with van der Waals surface area (Å²) in [5.74, 6) is 1.06. The van der Waals surface area contributed by atoms with Crippen molar-refractivity contribution in [2.45, 2.75) is 17.7 Å². The Morgan fingerprint density at radius 1 is 1.29 bits per heavy atom. The van der Waals surface area contributed by atoms with Crippen LogP contribution in [0, 0.1) is 0 Å². The summed E-state index contributed by atoms with van der Waals surface area (Å²) < 4.78 is 6.03.